The maximum Gasteiger partial charge on any atom is 4.00 e. The molecule has 1 heterocycles. The third kappa shape index (κ3) is 5.05. The van der Waals surface area contributed by atoms with Gasteiger partial charge in [-0.15, -0.1) is 0 Å². The number of hydrogen-bond donors (Lipinski definition) is 0. The predicted octanol–water partition coefficient (Wildman–Crippen LogP) is -8.30. The number of halogens is 3. The number of benzene rings is 1. The summed E-state index contributed by atoms with van der Waals surface area (Å²) in [5.74, 6) is 0. The van der Waals surface area contributed by atoms with Gasteiger partial charge in [-0.1, -0.05) is 0 Å². The molecule has 1 radical (unpaired) electrons. The topological polar surface area (TPSA) is 0 Å². The summed E-state index contributed by atoms with van der Waals surface area (Å²) in [6.45, 7) is 0. The Labute approximate surface area is 123 Å². The molecule has 0 saturated carbocycles. The molecule has 1 aromatic rings. The first kappa shape index (κ1) is 19.8. The van der Waals surface area contributed by atoms with Crippen LogP contribution in [0, 0.1) is 6.08 Å². The van der Waals surface area contributed by atoms with E-state index in [1.165, 1.54) is 9.91 Å². The minimum absolute atomic E-state index is 0. The van der Waals surface area contributed by atoms with Gasteiger partial charge >= 0.3 is 87.1 Å². The molecule has 2 rings (SSSR count). The minimum Gasteiger partial charge on any atom is -1.00 e. The van der Waals surface area contributed by atoms with E-state index >= 15 is 0 Å². The molecule has 0 atom stereocenters. The Hall–Kier alpha value is 1.27. The van der Waals surface area contributed by atoms with Gasteiger partial charge in [0, 0.05) is 0 Å². The second kappa shape index (κ2) is 9.81. The van der Waals surface area contributed by atoms with E-state index in [1.807, 2.05) is 0 Å². The largest absolute Gasteiger partial charge is 4.00 e. The van der Waals surface area contributed by atoms with Crippen LogP contribution in [-0.2, 0) is 26.2 Å². The van der Waals surface area contributed by atoms with Crippen molar-refractivity contribution < 1.29 is 63.4 Å². The Morgan fingerprint density at radius 1 is 1.00 bits per heavy atom. The van der Waals surface area contributed by atoms with E-state index in [-0.39, 0.29) is 63.4 Å². The fourth-order valence-corrected chi connectivity index (χ4v) is 2.54. The van der Waals surface area contributed by atoms with Crippen LogP contribution in [0.1, 0.15) is 5.56 Å². The third-order valence-corrected chi connectivity index (χ3v) is 3.27. The second-order valence-electron chi connectivity index (χ2n) is 1.92. The molecule has 13 heavy (non-hydrogen) atoms. The molecule has 1 aromatic carbocycles. The quantitative estimate of drug-likeness (QED) is 0.313. The van der Waals surface area contributed by atoms with Crippen LogP contribution in [0.25, 0.3) is 0 Å². The fraction of sp³-hybridized carbons (Fsp3) is 0. The molecule has 1 aliphatic heterocycles. The average Bonchev–Trinajstić information content (AvgIpc) is 2.33. The van der Waals surface area contributed by atoms with E-state index < -0.39 is 0 Å². The van der Waals surface area contributed by atoms with Crippen molar-refractivity contribution in [3.8, 4) is 0 Å². The average molecular weight is 374 g/mol. The van der Waals surface area contributed by atoms with Crippen LogP contribution in [0.5, 0.6) is 0 Å². The van der Waals surface area contributed by atoms with E-state index in [2.05, 4.69) is 35.2 Å². The Kier molecular flexibility index (Phi) is 14.9. The Bertz CT molecular complexity index is 265. The molecule has 0 fully saturated rings. The van der Waals surface area contributed by atoms with Crippen molar-refractivity contribution in [1.82, 2.24) is 0 Å². The van der Waals surface area contributed by atoms with Crippen molar-refractivity contribution in [3.05, 3.63) is 40.8 Å². The maximum absolute atomic E-state index is 3.22. The first-order valence-electron chi connectivity index (χ1n) is 2.85. The predicted molar refractivity (Wildman–Crippen MR) is 38.7 cm³/mol. The van der Waals surface area contributed by atoms with Crippen molar-refractivity contribution in [1.29, 1.82) is 0 Å². The molecule has 0 bridgehead atoms. The van der Waals surface area contributed by atoms with Gasteiger partial charge in [-0.05, 0) is 0 Å². The van der Waals surface area contributed by atoms with Gasteiger partial charge in [-0.25, -0.2) is 0 Å². The molecule has 0 N–H and O–H groups in total. The Balaban J connectivity index is -0.000000250. The SMILES string of the molecule is [C-]1=C[As]c2ccccc21.[Cl-].[Cl-].[Cl-].[Zr+4]. The van der Waals surface area contributed by atoms with Gasteiger partial charge in [0.2, 0.25) is 0 Å². The van der Waals surface area contributed by atoms with Crippen molar-refractivity contribution in [2.45, 2.75) is 0 Å². The molecular weight excluding hydrogens is 369 g/mol. The molecule has 67 valence electrons. The monoisotopic (exact) mass is 371 g/mol. The van der Waals surface area contributed by atoms with E-state index in [1.54, 1.807) is 0 Å². The van der Waals surface area contributed by atoms with Gasteiger partial charge in [0.1, 0.15) is 0 Å². The van der Waals surface area contributed by atoms with E-state index in [4.69, 9.17) is 0 Å². The van der Waals surface area contributed by atoms with Gasteiger partial charge in [0.25, 0.3) is 0 Å². The van der Waals surface area contributed by atoms with Crippen LogP contribution in [0.4, 0.5) is 0 Å². The van der Waals surface area contributed by atoms with Crippen LogP contribution in [0.2, 0.25) is 0 Å². The molecule has 0 saturated heterocycles. The smallest absolute Gasteiger partial charge is 1.00 e. The van der Waals surface area contributed by atoms with Crippen molar-refractivity contribution >= 4 is 20.1 Å². The van der Waals surface area contributed by atoms with Crippen LogP contribution in [0.3, 0.4) is 0 Å². The Morgan fingerprint density at radius 2 is 1.62 bits per heavy atom. The molecule has 0 unspecified atom stereocenters. The van der Waals surface area contributed by atoms with Crippen LogP contribution >= 0.6 is 0 Å². The summed E-state index contributed by atoms with van der Waals surface area (Å²) in [5.41, 5.74) is 1.30. The molecule has 1 aliphatic rings. The normalized spacial score (nSPS) is 11.4. The fourth-order valence-electron chi connectivity index (χ4n) is 0.880. The molecule has 5 heteroatoms. The molecule has 0 nitrogen and oxygen atoms in total. The van der Waals surface area contributed by atoms with E-state index in [0.29, 0.717) is 15.8 Å². The van der Waals surface area contributed by atoms with E-state index in [0.717, 1.165) is 0 Å². The molecule has 0 aliphatic carbocycles. The van der Waals surface area contributed by atoms with Crippen molar-refractivity contribution in [2.75, 3.05) is 0 Å². The van der Waals surface area contributed by atoms with Crippen LogP contribution in [-0.4, -0.2) is 15.8 Å². The molecular formula is C8H5AsCl3Zr. The first-order chi connectivity index (χ1) is 4.47. The maximum atomic E-state index is 3.22. The summed E-state index contributed by atoms with van der Waals surface area (Å²) in [5, 5.41) is 0. The summed E-state index contributed by atoms with van der Waals surface area (Å²) in [7, 11) is 0. The number of fused-ring (bicyclic) bond motifs is 1. The molecule has 0 spiro atoms. The summed E-state index contributed by atoms with van der Waals surface area (Å²) < 4.78 is 1.49. The summed E-state index contributed by atoms with van der Waals surface area (Å²) in [4.78, 5) is 2.17. The molecule has 0 amide bonds. The van der Waals surface area contributed by atoms with Crippen LogP contribution < -0.4 is 41.6 Å². The standard InChI is InChI=1S/C8H5As.3ClH.Zr/c1-2-4-8-7(3-1)5-6-9-8;;;;/h1-4,6H;3*1H;/q-1;;;;+4/p-3. The summed E-state index contributed by atoms with van der Waals surface area (Å²) >= 11 is 0.316. The van der Waals surface area contributed by atoms with Gasteiger partial charge in [-0.2, -0.15) is 0 Å². The first-order valence-corrected chi connectivity index (χ1v) is 4.87. The third-order valence-electron chi connectivity index (χ3n) is 1.33. The summed E-state index contributed by atoms with van der Waals surface area (Å²) in [6, 6.07) is 8.46. The number of hydrogen-bond acceptors (Lipinski definition) is 0. The zero-order valence-electron chi connectivity index (χ0n) is 6.47. The Morgan fingerprint density at radius 3 is 2.23 bits per heavy atom. The van der Waals surface area contributed by atoms with Gasteiger partial charge < -0.3 is 37.2 Å². The van der Waals surface area contributed by atoms with Gasteiger partial charge in [0.15, 0.2) is 0 Å². The zero-order chi connectivity index (χ0) is 6.10. The molecule has 0 aromatic heterocycles. The van der Waals surface area contributed by atoms with Gasteiger partial charge in [-0.3, -0.25) is 0 Å². The number of rotatable bonds is 0. The second-order valence-corrected chi connectivity index (χ2v) is 4.01. The minimum atomic E-state index is 0. The van der Waals surface area contributed by atoms with Gasteiger partial charge in [0.05, 0.1) is 0 Å². The van der Waals surface area contributed by atoms with Crippen LogP contribution in [0.15, 0.2) is 29.1 Å². The van der Waals surface area contributed by atoms with E-state index in [9.17, 15) is 0 Å². The summed E-state index contributed by atoms with van der Waals surface area (Å²) in [6.07, 6.45) is 3.22. The van der Waals surface area contributed by atoms with Crippen molar-refractivity contribution in [2.24, 2.45) is 0 Å². The van der Waals surface area contributed by atoms with Crippen molar-refractivity contribution in [3.63, 3.8) is 0 Å². The zero-order valence-corrected chi connectivity index (χ0v) is 13.1.